The molecular formula is C22H30Cl2N4O2. The van der Waals surface area contributed by atoms with Gasteiger partial charge >= 0.3 is 0 Å². The quantitative estimate of drug-likeness (QED) is 0.753. The number of piperidine rings is 1. The van der Waals surface area contributed by atoms with Crippen LogP contribution in [0.15, 0.2) is 48.7 Å². The van der Waals surface area contributed by atoms with Crippen LogP contribution in [-0.2, 0) is 6.54 Å². The maximum atomic E-state index is 12.5. The highest BCUT2D eigenvalue weighted by atomic mass is 35.5. The zero-order valence-electron chi connectivity index (χ0n) is 17.0. The Morgan fingerprint density at radius 3 is 2.37 bits per heavy atom. The molecule has 1 amide bonds. The maximum absolute atomic E-state index is 12.5. The van der Waals surface area contributed by atoms with Gasteiger partial charge in [0.15, 0.2) is 0 Å². The molecule has 6 nitrogen and oxygen atoms in total. The topological polar surface area (TPSA) is 71.7 Å². The number of carbonyl (C=O) groups is 1. The number of carbonyl (C=O) groups excluding carboxylic acids is 1. The number of halogens is 2. The number of ether oxygens (including phenoxy) is 1. The van der Waals surface area contributed by atoms with Crippen LogP contribution in [0, 0.1) is 0 Å². The summed E-state index contributed by atoms with van der Waals surface area (Å²) in [6.45, 7) is 4.30. The molecule has 1 aromatic carbocycles. The van der Waals surface area contributed by atoms with Crippen molar-refractivity contribution in [1.82, 2.24) is 14.8 Å². The third-order valence-corrected chi connectivity index (χ3v) is 5.56. The molecule has 0 saturated carbocycles. The van der Waals surface area contributed by atoms with Gasteiger partial charge in [0.1, 0.15) is 11.9 Å². The largest absolute Gasteiger partial charge is 0.490 e. The zero-order valence-corrected chi connectivity index (χ0v) is 18.6. The Morgan fingerprint density at radius 1 is 1.03 bits per heavy atom. The van der Waals surface area contributed by atoms with Gasteiger partial charge in [0.25, 0.3) is 5.91 Å². The molecule has 8 heteroatoms. The van der Waals surface area contributed by atoms with E-state index >= 15 is 0 Å². The minimum absolute atomic E-state index is 0. The molecule has 0 unspecified atom stereocenters. The predicted octanol–water partition coefficient (Wildman–Crippen LogP) is 3.14. The molecule has 0 radical (unpaired) electrons. The van der Waals surface area contributed by atoms with Crippen LogP contribution in [0.25, 0.3) is 0 Å². The molecule has 2 aromatic rings. The number of hydrogen-bond acceptors (Lipinski definition) is 5. The van der Waals surface area contributed by atoms with Gasteiger partial charge in [-0.05, 0) is 55.7 Å². The lowest BCUT2D eigenvalue weighted by atomic mass is 10.1. The van der Waals surface area contributed by atoms with Gasteiger partial charge in [-0.3, -0.25) is 14.7 Å². The lowest BCUT2D eigenvalue weighted by Gasteiger charge is -2.31. The smallest absolute Gasteiger partial charge is 0.253 e. The molecule has 1 aromatic heterocycles. The van der Waals surface area contributed by atoms with Gasteiger partial charge in [0, 0.05) is 50.5 Å². The van der Waals surface area contributed by atoms with Crippen molar-refractivity contribution in [1.29, 1.82) is 0 Å². The fourth-order valence-electron chi connectivity index (χ4n) is 3.93. The van der Waals surface area contributed by atoms with Crippen LogP contribution in [0.4, 0.5) is 0 Å². The normalized spacial score (nSPS) is 19.6. The molecule has 0 spiro atoms. The lowest BCUT2D eigenvalue weighted by Crippen LogP contribution is -2.38. The van der Waals surface area contributed by atoms with Gasteiger partial charge < -0.3 is 15.4 Å². The Balaban J connectivity index is 0.00000160. The average Bonchev–Trinajstić information content (AvgIpc) is 3.17. The van der Waals surface area contributed by atoms with Crippen molar-refractivity contribution in [2.24, 2.45) is 5.73 Å². The number of likely N-dealkylation sites (tertiary alicyclic amines) is 2. The molecular weight excluding hydrogens is 423 g/mol. The first kappa shape index (κ1) is 24.4. The van der Waals surface area contributed by atoms with E-state index in [1.54, 1.807) is 0 Å². The van der Waals surface area contributed by atoms with Gasteiger partial charge in [0.05, 0.1) is 5.69 Å². The van der Waals surface area contributed by atoms with Crippen LogP contribution in [0.2, 0.25) is 0 Å². The summed E-state index contributed by atoms with van der Waals surface area (Å²) >= 11 is 0. The molecule has 164 valence electrons. The number of hydrogen-bond donors (Lipinski definition) is 1. The lowest BCUT2D eigenvalue weighted by molar-refractivity contribution is 0.0790. The van der Waals surface area contributed by atoms with E-state index in [-0.39, 0.29) is 42.9 Å². The van der Waals surface area contributed by atoms with Crippen molar-refractivity contribution in [3.05, 3.63) is 59.9 Å². The van der Waals surface area contributed by atoms with Crippen molar-refractivity contribution in [3.8, 4) is 5.75 Å². The highest BCUT2D eigenvalue weighted by Gasteiger charge is 2.25. The van der Waals surface area contributed by atoms with Gasteiger partial charge in [-0.25, -0.2) is 0 Å². The second-order valence-electron chi connectivity index (χ2n) is 7.74. The molecule has 0 bridgehead atoms. The fraction of sp³-hybridized carbons (Fsp3) is 0.455. The fourth-order valence-corrected chi connectivity index (χ4v) is 3.93. The summed E-state index contributed by atoms with van der Waals surface area (Å²) in [6.07, 6.45) is 4.94. The molecule has 1 atom stereocenters. The molecule has 2 aliphatic rings. The van der Waals surface area contributed by atoms with E-state index in [0.717, 1.165) is 56.9 Å². The summed E-state index contributed by atoms with van der Waals surface area (Å²) in [5.74, 6) is 0.889. The first-order valence-corrected chi connectivity index (χ1v) is 10.1. The molecule has 2 fully saturated rings. The highest BCUT2D eigenvalue weighted by Crippen LogP contribution is 2.21. The molecule has 30 heavy (non-hydrogen) atoms. The van der Waals surface area contributed by atoms with Crippen LogP contribution in [-0.4, -0.2) is 59.0 Å². The highest BCUT2D eigenvalue weighted by molar-refractivity contribution is 5.94. The summed E-state index contributed by atoms with van der Waals surface area (Å²) < 4.78 is 6.14. The molecule has 0 aliphatic carbocycles. The van der Waals surface area contributed by atoms with Crippen LogP contribution >= 0.6 is 24.8 Å². The second kappa shape index (κ2) is 11.5. The predicted molar refractivity (Wildman–Crippen MR) is 123 cm³/mol. The molecule has 2 saturated heterocycles. The number of rotatable bonds is 5. The second-order valence-corrected chi connectivity index (χ2v) is 7.74. The van der Waals surface area contributed by atoms with Crippen molar-refractivity contribution >= 4 is 30.7 Å². The van der Waals surface area contributed by atoms with E-state index in [9.17, 15) is 4.79 Å². The van der Waals surface area contributed by atoms with Crippen molar-refractivity contribution < 1.29 is 9.53 Å². The van der Waals surface area contributed by atoms with E-state index < -0.39 is 0 Å². The van der Waals surface area contributed by atoms with Gasteiger partial charge in [-0.15, -0.1) is 24.8 Å². The molecule has 2 N–H and O–H groups in total. The van der Waals surface area contributed by atoms with Gasteiger partial charge in [-0.2, -0.15) is 0 Å². The Morgan fingerprint density at radius 2 is 1.77 bits per heavy atom. The van der Waals surface area contributed by atoms with E-state index in [2.05, 4.69) is 16.0 Å². The van der Waals surface area contributed by atoms with Crippen molar-refractivity contribution in [2.45, 2.75) is 38.0 Å². The van der Waals surface area contributed by atoms with Crippen LogP contribution < -0.4 is 10.5 Å². The summed E-state index contributed by atoms with van der Waals surface area (Å²) in [6, 6.07) is 13.7. The molecule has 2 aliphatic heterocycles. The summed E-state index contributed by atoms with van der Waals surface area (Å²) in [7, 11) is 0. The number of benzene rings is 1. The monoisotopic (exact) mass is 452 g/mol. The summed E-state index contributed by atoms with van der Waals surface area (Å²) in [4.78, 5) is 21.2. The van der Waals surface area contributed by atoms with E-state index in [1.165, 1.54) is 0 Å². The minimum Gasteiger partial charge on any atom is -0.490 e. The minimum atomic E-state index is 0. The number of aromatic nitrogens is 1. The number of pyridine rings is 1. The summed E-state index contributed by atoms with van der Waals surface area (Å²) in [5, 5.41) is 0. The first-order valence-electron chi connectivity index (χ1n) is 10.1. The number of amides is 1. The van der Waals surface area contributed by atoms with Crippen molar-refractivity contribution in [3.63, 3.8) is 0 Å². The van der Waals surface area contributed by atoms with E-state index in [1.807, 2.05) is 47.5 Å². The van der Waals surface area contributed by atoms with Crippen LogP contribution in [0.1, 0.15) is 35.3 Å². The third kappa shape index (κ3) is 6.32. The Bertz CT molecular complexity index is 783. The third-order valence-electron chi connectivity index (χ3n) is 5.56. The number of nitrogens with zero attached hydrogens (tertiary/aromatic N) is 3. The average molecular weight is 453 g/mol. The Kier molecular flexibility index (Phi) is 9.37. The van der Waals surface area contributed by atoms with Gasteiger partial charge in [0.2, 0.25) is 0 Å². The Labute approximate surface area is 190 Å². The van der Waals surface area contributed by atoms with E-state index in [4.69, 9.17) is 10.5 Å². The number of nitrogens with two attached hydrogens (primary N) is 1. The van der Waals surface area contributed by atoms with Gasteiger partial charge in [-0.1, -0.05) is 6.07 Å². The molecule has 4 rings (SSSR count). The maximum Gasteiger partial charge on any atom is 0.253 e. The first-order chi connectivity index (χ1) is 13.7. The standard InChI is InChI=1S/C22H28N4O2.2ClH/c23-18-8-14-26(15-18)22(27)17-4-6-20(7-5-17)28-21-9-12-25(13-10-21)16-19-3-1-2-11-24-19;;/h1-7,11,18,21H,8-10,12-16,23H2;2*1H/t18-;;/m0../s1. The summed E-state index contributed by atoms with van der Waals surface area (Å²) in [5.41, 5.74) is 7.71. The molecule has 3 heterocycles. The van der Waals surface area contributed by atoms with Crippen LogP contribution in [0.3, 0.4) is 0 Å². The van der Waals surface area contributed by atoms with E-state index in [0.29, 0.717) is 12.1 Å². The Hall–Kier alpha value is -1.86. The zero-order chi connectivity index (χ0) is 19.3. The van der Waals surface area contributed by atoms with Crippen molar-refractivity contribution in [2.75, 3.05) is 26.2 Å². The van der Waals surface area contributed by atoms with Crippen LogP contribution in [0.5, 0.6) is 5.75 Å². The SMILES string of the molecule is Cl.Cl.N[C@H]1CCN(C(=O)c2ccc(OC3CCN(Cc4ccccn4)CC3)cc2)C1.